The van der Waals surface area contributed by atoms with Crippen LogP contribution >= 0.6 is 11.3 Å². The molecule has 0 saturated heterocycles. The Balaban J connectivity index is 2.05. The summed E-state index contributed by atoms with van der Waals surface area (Å²) in [6.07, 6.45) is 1.84. The summed E-state index contributed by atoms with van der Waals surface area (Å²) in [5.41, 5.74) is 0. The Morgan fingerprint density at radius 3 is 2.60 bits per heavy atom. The second kappa shape index (κ2) is 5.51. The van der Waals surface area contributed by atoms with E-state index in [2.05, 4.69) is 10.0 Å². The van der Waals surface area contributed by atoms with Crippen LogP contribution in [0.25, 0.3) is 0 Å². The molecule has 1 heterocycles. The van der Waals surface area contributed by atoms with Crippen molar-refractivity contribution in [3.05, 3.63) is 15.8 Å². The highest BCUT2D eigenvalue weighted by Gasteiger charge is 2.25. The zero-order chi connectivity index (χ0) is 14.9. The molecular weight excluding hydrogens is 304 g/mol. The molecule has 0 unspecified atom stereocenters. The molecule has 1 amide bonds. The summed E-state index contributed by atoms with van der Waals surface area (Å²) < 4.78 is 26.2. The number of carbonyl (C=O) groups excluding carboxylic acids is 1. The normalized spacial score (nSPS) is 15.1. The number of carboxylic acids is 1. The first kappa shape index (κ1) is 14.9. The Bertz CT molecular complexity index is 646. The SMILES string of the molecule is Cc1sc(C(=O)O)cc1S(=O)(=O)NCC(=O)NC1CC1. The fourth-order valence-electron chi connectivity index (χ4n) is 1.58. The van der Waals surface area contributed by atoms with E-state index in [0.29, 0.717) is 4.88 Å². The summed E-state index contributed by atoms with van der Waals surface area (Å²) in [6, 6.07) is 1.26. The highest BCUT2D eigenvalue weighted by Crippen LogP contribution is 2.25. The van der Waals surface area contributed by atoms with Gasteiger partial charge in [-0.05, 0) is 25.8 Å². The van der Waals surface area contributed by atoms with Gasteiger partial charge in [-0.15, -0.1) is 11.3 Å². The van der Waals surface area contributed by atoms with Crippen molar-refractivity contribution in [2.45, 2.75) is 30.7 Å². The van der Waals surface area contributed by atoms with E-state index in [1.165, 1.54) is 6.92 Å². The fraction of sp³-hybridized carbons (Fsp3) is 0.455. The molecule has 1 aromatic rings. The van der Waals surface area contributed by atoms with Gasteiger partial charge in [-0.25, -0.2) is 17.9 Å². The number of thiophene rings is 1. The van der Waals surface area contributed by atoms with Crippen molar-refractivity contribution in [3.63, 3.8) is 0 Å². The number of hydrogen-bond donors (Lipinski definition) is 3. The van der Waals surface area contributed by atoms with Gasteiger partial charge in [-0.1, -0.05) is 0 Å². The predicted molar refractivity (Wildman–Crippen MR) is 72.4 cm³/mol. The van der Waals surface area contributed by atoms with E-state index in [9.17, 15) is 18.0 Å². The molecule has 0 bridgehead atoms. The first-order valence-electron chi connectivity index (χ1n) is 5.92. The molecule has 2 rings (SSSR count). The minimum atomic E-state index is -3.88. The molecule has 110 valence electrons. The Labute approximate surface area is 120 Å². The fourth-order valence-corrected chi connectivity index (χ4v) is 3.99. The summed E-state index contributed by atoms with van der Waals surface area (Å²) in [7, 11) is -3.88. The molecule has 3 N–H and O–H groups in total. The molecule has 0 aliphatic heterocycles. The van der Waals surface area contributed by atoms with Gasteiger partial charge >= 0.3 is 5.97 Å². The zero-order valence-corrected chi connectivity index (χ0v) is 12.3. The quantitative estimate of drug-likeness (QED) is 0.699. The van der Waals surface area contributed by atoms with Gasteiger partial charge in [0.25, 0.3) is 0 Å². The van der Waals surface area contributed by atoms with E-state index in [0.717, 1.165) is 30.2 Å². The number of carboxylic acid groups (broad SMARTS) is 1. The molecule has 0 atom stereocenters. The minimum Gasteiger partial charge on any atom is -0.477 e. The van der Waals surface area contributed by atoms with Crippen LogP contribution in [0.2, 0.25) is 0 Å². The van der Waals surface area contributed by atoms with Crippen molar-refractivity contribution >= 4 is 33.2 Å². The molecule has 1 aromatic heterocycles. The number of aromatic carboxylic acids is 1. The van der Waals surface area contributed by atoms with Crippen molar-refractivity contribution in [2.75, 3.05) is 6.54 Å². The van der Waals surface area contributed by atoms with Gasteiger partial charge < -0.3 is 10.4 Å². The summed E-state index contributed by atoms with van der Waals surface area (Å²) >= 11 is 0.885. The minimum absolute atomic E-state index is 0.0506. The first-order valence-corrected chi connectivity index (χ1v) is 8.22. The highest BCUT2D eigenvalue weighted by molar-refractivity contribution is 7.89. The molecule has 9 heteroatoms. The van der Waals surface area contributed by atoms with Crippen LogP contribution in [0, 0.1) is 6.92 Å². The third-order valence-electron chi connectivity index (χ3n) is 2.74. The van der Waals surface area contributed by atoms with Gasteiger partial charge in [0, 0.05) is 10.9 Å². The molecule has 1 fully saturated rings. The molecule has 0 aromatic carbocycles. The highest BCUT2D eigenvalue weighted by atomic mass is 32.2. The molecule has 1 aliphatic rings. The molecule has 0 radical (unpaired) electrons. The van der Waals surface area contributed by atoms with Gasteiger partial charge in [-0.3, -0.25) is 4.79 Å². The third kappa shape index (κ3) is 3.56. The third-order valence-corrected chi connectivity index (χ3v) is 5.43. The Hall–Kier alpha value is -1.45. The molecular formula is C11H14N2O5S2. The zero-order valence-electron chi connectivity index (χ0n) is 10.7. The summed E-state index contributed by atoms with van der Waals surface area (Å²) in [5, 5.41) is 11.5. The lowest BCUT2D eigenvalue weighted by molar-refractivity contribution is -0.120. The van der Waals surface area contributed by atoms with Crippen molar-refractivity contribution in [1.29, 1.82) is 0 Å². The molecule has 1 aliphatic carbocycles. The van der Waals surface area contributed by atoms with E-state index in [-0.39, 0.29) is 28.3 Å². The lowest BCUT2D eigenvalue weighted by Crippen LogP contribution is -2.37. The van der Waals surface area contributed by atoms with E-state index >= 15 is 0 Å². The lowest BCUT2D eigenvalue weighted by atomic mass is 10.4. The smallest absolute Gasteiger partial charge is 0.345 e. The van der Waals surface area contributed by atoms with E-state index < -0.39 is 16.0 Å². The number of nitrogens with one attached hydrogen (secondary N) is 2. The Kier molecular flexibility index (Phi) is 4.11. The number of carbonyl (C=O) groups is 2. The van der Waals surface area contributed by atoms with Gasteiger partial charge in [0.05, 0.1) is 11.4 Å². The molecule has 1 saturated carbocycles. The van der Waals surface area contributed by atoms with Crippen molar-refractivity contribution in [1.82, 2.24) is 10.0 Å². The van der Waals surface area contributed by atoms with Crippen LogP contribution < -0.4 is 10.0 Å². The monoisotopic (exact) mass is 318 g/mol. The maximum atomic E-state index is 12.0. The van der Waals surface area contributed by atoms with Gasteiger partial charge in [0.1, 0.15) is 4.88 Å². The molecule has 7 nitrogen and oxygen atoms in total. The van der Waals surface area contributed by atoms with Crippen LogP contribution in [0.15, 0.2) is 11.0 Å². The van der Waals surface area contributed by atoms with E-state index in [1.54, 1.807) is 0 Å². The van der Waals surface area contributed by atoms with Crippen LogP contribution in [0.4, 0.5) is 0 Å². The van der Waals surface area contributed by atoms with Crippen LogP contribution in [-0.2, 0) is 14.8 Å². The van der Waals surface area contributed by atoms with Crippen LogP contribution in [0.5, 0.6) is 0 Å². The predicted octanol–water partition coefficient (Wildman–Crippen LogP) is 0.312. The van der Waals surface area contributed by atoms with Gasteiger partial charge in [-0.2, -0.15) is 0 Å². The second-order valence-corrected chi connectivity index (χ2v) is 7.49. The second-order valence-electron chi connectivity index (χ2n) is 4.50. The maximum absolute atomic E-state index is 12.0. The topological polar surface area (TPSA) is 113 Å². The number of hydrogen-bond acceptors (Lipinski definition) is 5. The Morgan fingerprint density at radius 2 is 2.10 bits per heavy atom. The number of rotatable bonds is 6. The van der Waals surface area contributed by atoms with E-state index in [4.69, 9.17) is 5.11 Å². The largest absolute Gasteiger partial charge is 0.477 e. The van der Waals surface area contributed by atoms with E-state index in [1.807, 2.05) is 0 Å². The van der Waals surface area contributed by atoms with Crippen molar-refractivity contribution in [2.24, 2.45) is 0 Å². The standard InChI is InChI=1S/C11H14N2O5S2/c1-6-9(4-8(19-6)11(15)16)20(17,18)12-5-10(14)13-7-2-3-7/h4,7,12H,2-3,5H2,1H3,(H,13,14)(H,15,16). The number of amides is 1. The number of sulfonamides is 1. The summed E-state index contributed by atoms with van der Waals surface area (Å²) in [6.45, 7) is 1.17. The number of aryl methyl sites for hydroxylation is 1. The average molecular weight is 318 g/mol. The Morgan fingerprint density at radius 1 is 1.45 bits per heavy atom. The van der Waals surface area contributed by atoms with Crippen LogP contribution in [0.3, 0.4) is 0 Å². The molecule has 20 heavy (non-hydrogen) atoms. The summed E-state index contributed by atoms with van der Waals surface area (Å²) in [5.74, 6) is -1.56. The van der Waals surface area contributed by atoms with Crippen LogP contribution in [0.1, 0.15) is 27.4 Å². The van der Waals surface area contributed by atoms with Crippen molar-refractivity contribution < 1.29 is 23.1 Å². The van der Waals surface area contributed by atoms with Crippen molar-refractivity contribution in [3.8, 4) is 0 Å². The lowest BCUT2D eigenvalue weighted by Gasteiger charge is -2.06. The average Bonchev–Trinajstić information content (AvgIpc) is 3.06. The van der Waals surface area contributed by atoms with Gasteiger partial charge in [0.15, 0.2) is 0 Å². The van der Waals surface area contributed by atoms with Gasteiger partial charge in [0.2, 0.25) is 15.9 Å². The maximum Gasteiger partial charge on any atom is 0.345 e. The molecule has 0 spiro atoms. The summed E-state index contributed by atoms with van der Waals surface area (Å²) in [4.78, 5) is 22.5. The first-order chi connectivity index (χ1) is 9.29. The van der Waals surface area contributed by atoms with Crippen LogP contribution in [-0.4, -0.2) is 38.0 Å².